The van der Waals surface area contributed by atoms with Crippen LogP contribution in [0.15, 0.2) is 30.6 Å². The highest BCUT2D eigenvalue weighted by Crippen LogP contribution is 2.31. The summed E-state index contributed by atoms with van der Waals surface area (Å²) in [6.07, 6.45) is -2.20. The second kappa shape index (κ2) is 4.81. The quantitative estimate of drug-likeness (QED) is 0.885. The van der Waals surface area contributed by atoms with E-state index in [1.807, 2.05) is 0 Å². The monoisotopic (exact) mass is 255 g/mol. The summed E-state index contributed by atoms with van der Waals surface area (Å²) in [6.45, 7) is 0.454. The molecule has 0 fully saturated rings. The minimum Gasteiger partial charge on any atom is -0.348 e. The summed E-state index contributed by atoms with van der Waals surface area (Å²) < 4.78 is 37.3. The standard InChI is InChI=1S/C12H12F3N3/c13-12(14,15)9-3-1-8(2-4-9)11-10(5-6-16)17-7-18-11/h1-4,7H,5-6,16H2,(H,17,18). The van der Waals surface area contributed by atoms with E-state index < -0.39 is 11.7 Å². The predicted molar refractivity (Wildman–Crippen MR) is 61.8 cm³/mol. The van der Waals surface area contributed by atoms with Crippen LogP contribution >= 0.6 is 0 Å². The van der Waals surface area contributed by atoms with Crippen LogP contribution in [0.3, 0.4) is 0 Å². The summed E-state index contributed by atoms with van der Waals surface area (Å²) in [5.41, 5.74) is 6.91. The third kappa shape index (κ3) is 2.53. The summed E-state index contributed by atoms with van der Waals surface area (Å²) in [5.74, 6) is 0. The van der Waals surface area contributed by atoms with Gasteiger partial charge in [0.25, 0.3) is 0 Å². The van der Waals surface area contributed by atoms with E-state index >= 15 is 0 Å². The van der Waals surface area contributed by atoms with Crippen molar-refractivity contribution in [2.24, 2.45) is 5.73 Å². The highest BCUT2D eigenvalue weighted by Gasteiger charge is 2.30. The maximum atomic E-state index is 12.4. The van der Waals surface area contributed by atoms with Crippen molar-refractivity contribution in [1.82, 2.24) is 9.97 Å². The van der Waals surface area contributed by atoms with E-state index in [2.05, 4.69) is 9.97 Å². The SMILES string of the molecule is NCCc1[nH]cnc1-c1ccc(C(F)(F)F)cc1. The first kappa shape index (κ1) is 12.6. The Balaban J connectivity index is 2.32. The fraction of sp³-hybridized carbons (Fsp3) is 0.250. The summed E-state index contributed by atoms with van der Waals surface area (Å²) in [4.78, 5) is 7.04. The summed E-state index contributed by atoms with van der Waals surface area (Å²) >= 11 is 0. The van der Waals surface area contributed by atoms with Crippen LogP contribution in [0.25, 0.3) is 11.3 Å². The minimum absolute atomic E-state index is 0.454. The van der Waals surface area contributed by atoms with Crippen molar-refractivity contribution in [2.45, 2.75) is 12.6 Å². The van der Waals surface area contributed by atoms with Gasteiger partial charge in [0.05, 0.1) is 17.6 Å². The maximum absolute atomic E-state index is 12.4. The van der Waals surface area contributed by atoms with Crippen molar-refractivity contribution in [3.05, 3.63) is 41.9 Å². The molecule has 0 saturated heterocycles. The van der Waals surface area contributed by atoms with E-state index in [0.29, 0.717) is 24.2 Å². The molecule has 3 nitrogen and oxygen atoms in total. The number of nitrogens with two attached hydrogens (primary N) is 1. The first-order valence-corrected chi connectivity index (χ1v) is 5.42. The fourth-order valence-electron chi connectivity index (χ4n) is 1.72. The zero-order valence-corrected chi connectivity index (χ0v) is 9.46. The average Bonchev–Trinajstić information content (AvgIpc) is 2.77. The molecule has 0 bridgehead atoms. The van der Waals surface area contributed by atoms with Crippen LogP contribution in [0.1, 0.15) is 11.3 Å². The summed E-state index contributed by atoms with van der Waals surface area (Å²) in [6, 6.07) is 4.94. The minimum atomic E-state index is -4.32. The lowest BCUT2D eigenvalue weighted by atomic mass is 10.1. The fourth-order valence-corrected chi connectivity index (χ4v) is 1.72. The number of H-pyrrole nitrogens is 1. The Morgan fingerprint density at radius 3 is 2.39 bits per heavy atom. The number of halogens is 3. The Hall–Kier alpha value is -1.82. The number of hydrogen-bond donors (Lipinski definition) is 2. The number of nitrogens with zero attached hydrogens (tertiary/aromatic N) is 1. The molecule has 1 aromatic carbocycles. The highest BCUT2D eigenvalue weighted by molar-refractivity contribution is 5.62. The van der Waals surface area contributed by atoms with Gasteiger partial charge >= 0.3 is 6.18 Å². The molecule has 6 heteroatoms. The average molecular weight is 255 g/mol. The van der Waals surface area contributed by atoms with Crippen LogP contribution in [0.2, 0.25) is 0 Å². The third-order valence-corrected chi connectivity index (χ3v) is 2.60. The van der Waals surface area contributed by atoms with Crippen LogP contribution in [-0.4, -0.2) is 16.5 Å². The number of nitrogens with one attached hydrogen (secondary N) is 1. The van der Waals surface area contributed by atoms with Crippen molar-refractivity contribution in [1.29, 1.82) is 0 Å². The van der Waals surface area contributed by atoms with Gasteiger partial charge in [-0.25, -0.2) is 4.98 Å². The Morgan fingerprint density at radius 1 is 1.17 bits per heavy atom. The Morgan fingerprint density at radius 2 is 1.83 bits per heavy atom. The predicted octanol–water partition coefficient (Wildman–Crippen LogP) is 2.60. The van der Waals surface area contributed by atoms with Gasteiger partial charge in [-0.05, 0) is 18.7 Å². The van der Waals surface area contributed by atoms with E-state index in [0.717, 1.165) is 17.8 Å². The van der Waals surface area contributed by atoms with Crippen molar-refractivity contribution in [3.8, 4) is 11.3 Å². The first-order chi connectivity index (χ1) is 8.52. The largest absolute Gasteiger partial charge is 0.416 e. The first-order valence-electron chi connectivity index (χ1n) is 5.42. The molecule has 18 heavy (non-hydrogen) atoms. The molecule has 2 aromatic rings. The number of imidazole rings is 1. The van der Waals surface area contributed by atoms with Crippen LogP contribution in [0.5, 0.6) is 0 Å². The molecule has 0 aliphatic carbocycles. The Kier molecular flexibility index (Phi) is 3.38. The molecule has 0 atom stereocenters. The third-order valence-electron chi connectivity index (χ3n) is 2.60. The van der Waals surface area contributed by atoms with Gasteiger partial charge < -0.3 is 10.7 Å². The van der Waals surface area contributed by atoms with Gasteiger partial charge in [0, 0.05) is 17.7 Å². The number of rotatable bonds is 3. The molecule has 3 N–H and O–H groups in total. The topological polar surface area (TPSA) is 54.7 Å². The zero-order valence-electron chi connectivity index (χ0n) is 9.46. The van der Waals surface area contributed by atoms with Gasteiger partial charge in [-0.2, -0.15) is 13.2 Å². The summed E-state index contributed by atoms with van der Waals surface area (Å²) in [5, 5.41) is 0. The number of benzene rings is 1. The number of alkyl halides is 3. The van der Waals surface area contributed by atoms with Gasteiger partial charge in [0.2, 0.25) is 0 Å². The lowest BCUT2D eigenvalue weighted by molar-refractivity contribution is -0.137. The van der Waals surface area contributed by atoms with Crippen molar-refractivity contribution in [2.75, 3.05) is 6.54 Å². The second-order valence-electron chi connectivity index (χ2n) is 3.84. The second-order valence-corrected chi connectivity index (χ2v) is 3.84. The normalized spacial score (nSPS) is 11.8. The number of aromatic nitrogens is 2. The molecule has 0 saturated carbocycles. The Labute approximate surface area is 102 Å². The van der Waals surface area contributed by atoms with Crippen LogP contribution in [0.4, 0.5) is 13.2 Å². The van der Waals surface area contributed by atoms with Crippen LogP contribution < -0.4 is 5.73 Å². The van der Waals surface area contributed by atoms with E-state index in [-0.39, 0.29) is 0 Å². The Bertz CT molecular complexity index is 514. The molecule has 0 radical (unpaired) electrons. The molecule has 0 spiro atoms. The van der Waals surface area contributed by atoms with Crippen molar-refractivity contribution in [3.63, 3.8) is 0 Å². The lowest BCUT2D eigenvalue weighted by Gasteiger charge is -2.07. The molecule has 0 aliphatic heterocycles. The lowest BCUT2D eigenvalue weighted by Crippen LogP contribution is -2.05. The summed E-state index contributed by atoms with van der Waals surface area (Å²) in [7, 11) is 0. The maximum Gasteiger partial charge on any atom is 0.416 e. The molecule has 0 aliphatic rings. The molecule has 0 unspecified atom stereocenters. The van der Waals surface area contributed by atoms with Gasteiger partial charge in [-0.15, -0.1) is 0 Å². The number of aromatic amines is 1. The van der Waals surface area contributed by atoms with Gasteiger partial charge in [0.1, 0.15) is 0 Å². The van der Waals surface area contributed by atoms with Gasteiger partial charge in [-0.1, -0.05) is 12.1 Å². The van der Waals surface area contributed by atoms with Crippen molar-refractivity contribution < 1.29 is 13.2 Å². The molecular weight excluding hydrogens is 243 g/mol. The molecule has 2 rings (SSSR count). The molecule has 0 amide bonds. The van der Waals surface area contributed by atoms with E-state index in [9.17, 15) is 13.2 Å². The van der Waals surface area contributed by atoms with Crippen LogP contribution in [0, 0.1) is 0 Å². The van der Waals surface area contributed by atoms with Crippen LogP contribution in [-0.2, 0) is 12.6 Å². The molecule has 1 heterocycles. The highest BCUT2D eigenvalue weighted by atomic mass is 19.4. The van der Waals surface area contributed by atoms with Gasteiger partial charge in [0.15, 0.2) is 0 Å². The smallest absolute Gasteiger partial charge is 0.348 e. The van der Waals surface area contributed by atoms with Gasteiger partial charge in [-0.3, -0.25) is 0 Å². The van der Waals surface area contributed by atoms with E-state index in [4.69, 9.17) is 5.73 Å². The van der Waals surface area contributed by atoms with E-state index in [1.165, 1.54) is 18.5 Å². The molecule has 1 aromatic heterocycles. The molecular formula is C12H12F3N3. The van der Waals surface area contributed by atoms with E-state index in [1.54, 1.807) is 0 Å². The van der Waals surface area contributed by atoms with Crippen molar-refractivity contribution >= 4 is 0 Å². The number of hydrogen-bond acceptors (Lipinski definition) is 2. The zero-order chi connectivity index (χ0) is 13.2. The molecule has 96 valence electrons.